The van der Waals surface area contributed by atoms with E-state index in [2.05, 4.69) is 41.7 Å². The molecule has 0 spiro atoms. The van der Waals surface area contributed by atoms with Gasteiger partial charge in [0.05, 0.1) is 6.04 Å². The molecule has 0 radical (unpaired) electrons. The van der Waals surface area contributed by atoms with Gasteiger partial charge in [0, 0.05) is 6.08 Å². The SMILES string of the molecule is CC(C)=CC(=O)NC(CCCc1ccccc1)c1ccccc1. The van der Waals surface area contributed by atoms with Crippen molar-refractivity contribution >= 4 is 5.91 Å². The number of benzene rings is 2. The van der Waals surface area contributed by atoms with Crippen LogP contribution in [-0.4, -0.2) is 5.91 Å². The molecule has 120 valence electrons. The van der Waals surface area contributed by atoms with Gasteiger partial charge < -0.3 is 5.32 Å². The van der Waals surface area contributed by atoms with Gasteiger partial charge in [-0.1, -0.05) is 66.2 Å². The van der Waals surface area contributed by atoms with Crippen molar-refractivity contribution in [1.29, 1.82) is 0 Å². The number of hydrogen-bond acceptors (Lipinski definition) is 1. The molecule has 0 aliphatic heterocycles. The van der Waals surface area contributed by atoms with Gasteiger partial charge in [0.25, 0.3) is 0 Å². The van der Waals surface area contributed by atoms with Crippen LogP contribution in [-0.2, 0) is 11.2 Å². The van der Waals surface area contributed by atoms with E-state index in [0.717, 1.165) is 30.4 Å². The lowest BCUT2D eigenvalue weighted by Gasteiger charge is -2.18. The molecule has 0 aromatic heterocycles. The van der Waals surface area contributed by atoms with Crippen molar-refractivity contribution in [3.63, 3.8) is 0 Å². The van der Waals surface area contributed by atoms with Crippen LogP contribution in [0.15, 0.2) is 72.3 Å². The molecule has 0 heterocycles. The molecule has 0 fully saturated rings. The predicted molar refractivity (Wildman–Crippen MR) is 96.1 cm³/mol. The molecule has 2 heteroatoms. The Bertz CT molecular complexity index is 627. The van der Waals surface area contributed by atoms with Crippen LogP contribution in [0, 0.1) is 0 Å². The van der Waals surface area contributed by atoms with Gasteiger partial charge in [-0.2, -0.15) is 0 Å². The average Bonchev–Trinajstić information content (AvgIpc) is 2.55. The smallest absolute Gasteiger partial charge is 0.244 e. The fraction of sp³-hybridized carbons (Fsp3) is 0.286. The van der Waals surface area contributed by atoms with Crippen molar-refractivity contribution < 1.29 is 4.79 Å². The molecule has 1 unspecified atom stereocenters. The molecule has 0 aliphatic rings. The van der Waals surface area contributed by atoms with Crippen LogP contribution in [0.2, 0.25) is 0 Å². The number of hydrogen-bond donors (Lipinski definition) is 1. The molecule has 0 aliphatic carbocycles. The largest absolute Gasteiger partial charge is 0.346 e. The molecule has 0 saturated carbocycles. The molecule has 2 rings (SSSR count). The van der Waals surface area contributed by atoms with E-state index in [9.17, 15) is 4.79 Å². The standard InChI is InChI=1S/C21H25NO/c1-17(2)16-21(23)22-20(19-13-7-4-8-14-19)15-9-12-18-10-5-3-6-11-18/h3-8,10-11,13-14,16,20H,9,12,15H2,1-2H3,(H,22,23). The summed E-state index contributed by atoms with van der Waals surface area (Å²) in [5.74, 6) is -0.0152. The monoisotopic (exact) mass is 307 g/mol. The highest BCUT2D eigenvalue weighted by molar-refractivity contribution is 5.88. The summed E-state index contributed by atoms with van der Waals surface area (Å²) in [6.45, 7) is 3.87. The van der Waals surface area contributed by atoms with Crippen LogP contribution in [0.25, 0.3) is 0 Å². The number of rotatable bonds is 7. The zero-order valence-electron chi connectivity index (χ0n) is 14.0. The maximum absolute atomic E-state index is 12.1. The van der Waals surface area contributed by atoms with Crippen LogP contribution in [0.3, 0.4) is 0 Å². The highest BCUT2D eigenvalue weighted by atomic mass is 16.1. The van der Waals surface area contributed by atoms with Gasteiger partial charge in [-0.15, -0.1) is 0 Å². The minimum atomic E-state index is -0.0152. The summed E-state index contributed by atoms with van der Waals surface area (Å²) in [4.78, 5) is 12.1. The van der Waals surface area contributed by atoms with E-state index in [1.807, 2.05) is 38.1 Å². The quantitative estimate of drug-likeness (QED) is 0.729. The van der Waals surface area contributed by atoms with Gasteiger partial charge in [-0.25, -0.2) is 0 Å². The highest BCUT2D eigenvalue weighted by Crippen LogP contribution is 2.20. The van der Waals surface area contributed by atoms with Gasteiger partial charge in [-0.3, -0.25) is 4.79 Å². The van der Waals surface area contributed by atoms with E-state index in [4.69, 9.17) is 0 Å². The Labute approximate surface area is 139 Å². The second kappa shape index (κ2) is 8.94. The number of amides is 1. The van der Waals surface area contributed by atoms with Gasteiger partial charge in [0.1, 0.15) is 0 Å². The van der Waals surface area contributed by atoms with Crippen molar-refractivity contribution in [3.8, 4) is 0 Å². The maximum Gasteiger partial charge on any atom is 0.244 e. The molecule has 2 aromatic carbocycles. The zero-order valence-corrected chi connectivity index (χ0v) is 14.0. The minimum absolute atomic E-state index is 0.0152. The first-order valence-corrected chi connectivity index (χ1v) is 8.19. The summed E-state index contributed by atoms with van der Waals surface area (Å²) in [6.07, 6.45) is 4.66. The maximum atomic E-state index is 12.1. The molecule has 0 saturated heterocycles. The number of carbonyl (C=O) groups excluding carboxylic acids is 1. The summed E-state index contributed by atoms with van der Waals surface area (Å²) >= 11 is 0. The molecular weight excluding hydrogens is 282 g/mol. The van der Waals surface area contributed by atoms with Crippen molar-refractivity contribution in [2.75, 3.05) is 0 Å². The lowest BCUT2D eigenvalue weighted by molar-refractivity contribution is -0.117. The summed E-state index contributed by atoms with van der Waals surface area (Å²) in [5.41, 5.74) is 3.52. The van der Waals surface area contributed by atoms with Crippen molar-refractivity contribution in [2.45, 2.75) is 39.2 Å². The van der Waals surface area contributed by atoms with Gasteiger partial charge >= 0.3 is 0 Å². The topological polar surface area (TPSA) is 29.1 Å². The minimum Gasteiger partial charge on any atom is -0.346 e. The third-order valence-corrected chi connectivity index (χ3v) is 3.74. The number of aryl methyl sites for hydroxylation is 1. The highest BCUT2D eigenvalue weighted by Gasteiger charge is 2.13. The number of carbonyl (C=O) groups is 1. The second-order valence-electron chi connectivity index (χ2n) is 6.07. The first-order valence-electron chi connectivity index (χ1n) is 8.19. The first-order chi connectivity index (χ1) is 11.1. The van der Waals surface area contributed by atoms with Crippen molar-refractivity contribution in [1.82, 2.24) is 5.32 Å². The van der Waals surface area contributed by atoms with Gasteiger partial charge in [0.2, 0.25) is 5.91 Å². The third kappa shape index (κ3) is 6.11. The summed E-state index contributed by atoms with van der Waals surface area (Å²) in [5, 5.41) is 3.14. The Hall–Kier alpha value is -2.35. The van der Waals surface area contributed by atoms with Gasteiger partial charge in [-0.05, 0) is 44.2 Å². The molecule has 2 aromatic rings. The molecule has 23 heavy (non-hydrogen) atoms. The molecule has 0 bridgehead atoms. The average molecular weight is 307 g/mol. The van der Waals surface area contributed by atoms with E-state index < -0.39 is 0 Å². The van der Waals surface area contributed by atoms with Crippen LogP contribution in [0.4, 0.5) is 0 Å². The van der Waals surface area contributed by atoms with Crippen LogP contribution >= 0.6 is 0 Å². The lowest BCUT2D eigenvalue weighted by atomic mass is 9.99. The van der Waals surface area contributed by atoms with E-state index >= 15 is 0 Å². The Balaban J connectivity index is 1.99. The Morgan fingerprint density at radius 3 is 2.22 bits per heavy atom. The fourth-order valence-electron chi connectivity index (χ4n) is 2.64. The summed E-state index contributed by atoms with van der Waals surface area (Å²) < 4.78 is 0. The summed E-state index contributed by atoms with van der Waals surface area (Å²) in [6, 6.07) is 20.7. The lowest BCUT2D eigenvalue weighted by Crippen LogP contribution is -2.27. The fourth-order valence-corrected chi connectivity index (χ4v) is 2.64. The van der Waals surface area contributed by atoms with E-state index in [1.54, 1.807) is 6.08 Å². The molecule has 1 N–H and O–H groups in total. The molecule has 1 amide bonds. The first kappa shape index (κ1) is 17.0. The Morgan fingerprint density at radius 2 is 1.61 bits per heavy atom. The van der Waals surface area contributed by atoms with Crippen molar-refractivity contribution in [2.24, 2.45) is 0 Å². The third-order valence-electron chi connectivity index (χ3n) is 3.74. The van der Waals surface area contributed by atoms with Crippen LogP contribution in [0.5, 0.6) is 0 Å². The van der Waals surface area contributed by atoms with E-state index in [-0.39, 0.29) is 11.9 Å². The van der Waals surface area contributed by atoms with Crippen molar-refractivity contribution in [3.05, 3.63) is 83.4 Å². The molecule has 1 atom stereocenters. The zero-order chi connectivity index (χ0) is 16.5. The van der Waals surface area contributed by atoms with E-state index in [0.29, 0.717) is 0 Å². The number of allylic oxidation sites excluding steroid dienone is 1. The number of nitrogens with one attached hydrogen (secondary N) is 1. The Morgan fingerprint density at radius 1 is 1.00 bits per heavy atom. The summed E-state index contributed by atoms with van der Waals surface area (Å²) in [7, 11) is 0. The van der Waals surface area contributed by atoms with Gasteiger partial charge in [0.15, 0.2) is 0 Å². The normalized spacial score (nSPS) is 11.6. The molecular formula is C21H25NO. The van der Waals surface area contributed by atoms with E-state index in [1.165, 1.54) is 5.56 Å². The predicted octanol–water partition coefficient (Wildman–Crippen LogP) is 4.83. The Kier molecular flexibility index (Phi) is 6.61. The van der Waals surface area contributed by atoms with Crippen LogP contribution < -0.4 is 5.32 Å². The second-order valence-corrected chi connectivity index (χ2v) is 6.07. The molecule has 2 nitrogen and oxygen atoms in total. The van der Waals surface area contributed by atoms with Crippen LogP contribution in [0.1, 0.15) is 43.9 Å².